The number of fused-ring (bicyclic) bond motifs is 1. The molecule has 4 aromatic rings. The molecule has 0 radical (unpaired) electrons. The van der Waals surface area contributed by atoms with Crippen molar-refractivity contribution in [2.75, 3.05) is 42.3 Å². The van der Waals surface area contributed by atoms with Gasteiger partial charge in [0.2, 0.25) is 5.91 Å². The highest BCUT2D eigenvalue weighted by Gasteiger charge is 2.21. The van der Waals surface area contributed by atoms with Crippen molar-refractivity contribution in [1.29, 1.82) is 0 Å². The van der Waals surface area contributed by atoms with Gasteiger partial charge in [-0.25, -0.2) is 4.98 Å². The van der Waals surface area contributed by atoms with Crippen LogP contribution in [0.5, 0.6) is 0 Å². The molecule has 1 saturated heterocycles. The van der Waals surface area contributed by atoms with Crippen LogP contribution < -0.4 is 10.2 Å². The summed E-state index contributed by atoms with van der Waals surface area (Å²) < 4.78 is 7.14. The molecule has 1 aliphatic rings. The Morgan fingerprint density at radius 2 is 1.90 bits per heavy atom. The molecule has 5 rings (SSSR count). The number of carbonyl (C=O) groups excluding carboxylic acids is 1. The highest BCUT2D eigenvalue weighted by Crippen LogP contribution is 2.33. The summed E-state index contributed by atoms with van der Waals surface area (Å²) in [4.78, 5) is 35.4. The number of ether oxygens (including phenoxy) is 1. The number of aryl methyl sites for hydroxylation is 2. The van der Waals surface area contributed by atoms with Crippen LogP contribution >= 0.6 is 23.1 Å². The minimum Gasteiger partial charge on any atom is -0.378 e. The van der Waals surface area contributed by atoms with E-state index in [1.54, 1.807) is 18.3 Å². The number of nitrogens with zero attached hydrogens (tertiary/aromatic N) is 4. The molecule has 1 amide bonds. The van der Waals surface area contributed by atoms with Crippen LogP contribution in [0.4, 0.5) is 22.7 Å². The molecule has 1 N–H and O–H groups in total. The van der Waals surface area contributed by atoms with Crippen molar-refractivity contribution >= 4 is 68.2 Å². The molecule has 9 nitrogen and oxygen atoms in total. The largest absolute Gasteiger partial charge is 0.378 e. The van der Waals surface area contributed by atoms with Gasteiger partial charge < -0.3 is 15.0 Å². The lowest BCUT2D eigenvalue weighted by Gasteiger charge is -2.28. The summed E-state index contributed by atoms with van der Waals surface area (Å²) in [5.74, 6) is 0.217. The highest BCUT2D eigenvalue weighted by atomic mass is 32.2. The molecule has 1 fully saturated rings. The average Bonchev–Trinajstić information content (AvgIpc) is 3.41. The predicted octanol–water partition coefficient (Wildman–Crippen LogP) is 6.65. The molecule has 3 aromatic carbocycles. The summed E-state index contributed by atoms with van der Waals surface area (Å²) >= 11 is 2.93. The van der Waals surface area contributed by atoms with Crippen LogP contribution in [-0.4, -0.2) is 54.1 Å². The van der Waals surface area contributed by atoms with Crippen molar-refractivity contribution in [2.24, 2.45) is 4.99 Å². The van der Waals surface area contributed by atoms with Gasteiger partial charge >= 0.3 is 0 Å². The van der Waals surface area contributed by atoms with Crippen LogP contribution in [0.15, 0.2) is 63.9 Å². The number of morpholine rings is 1. The molecule has 0 saturated carbocycles. The molecular weight excluding hydrogens is 558 g/mol. The van der Waals surface area contributed by atoms with E-state index in [1.165, 1.54) is 23.1 Å². The number of nitro groups is 1. The fraction of sp³-hybridized carbons (Fsp3) is 0.300. The second-order valence-corrected chi connectivity index (χ2v) is 11.7. The number of aliphatic imine (C=N–C) groups is 1. The zero-order valence-corrected chi connectivity index (χ0v) is 24.6. The third kappa shape index (κ3) is 6.92. The Morgan fingerprint density at radius 3 is 2.61 bits per heavy atom. The SMILES string of the molecule is CCc1cccc(CC)c1NC(=O)CSc1nc2ccc(N=Cc3ccc(N4CCOCC4)c([N+](=O)[O-])c3)cc2s1. The molecule has 212 valence electrons. The van der Waals surface area contributed by atoms with E-state index in [4.69, 9.17) is 4.74 Å². The van der Waals surface area contributed by atoms with Crippen molar-refractivity contribution in [2.45, 2.75) is 31.0 Å². The van der Waals surface area contributed by atoms with Crippen LogP contribution in [0.3, 0.4) is 0 Å². The first-order valence-electron chi connectivity index (χ1n) is 13.5. The topological polar surface area (TPSA) is 110 Å². The Kier molecular flexibility index (Phi) is 9.28. The van der Waals surface area contributed by atoms with Gasteiger partial charge in [-0.15, -0.1) is 11.3 Å². The predicted molar refractivity (Wildman–Crippen MR) is 168 cm³/mol. The van der Waals surface area contributed by atoms with Crippen LogP contribution in [0, 0.1) is 10.1 Å². The van der Waals surface area contributed by atoms with Crippen molar-refractivity contribution in [1.82, 2.24) is 4.98 Å². The monoisotopic (exact) mass is 589 g/mol. The third-order valence-electron chi connectivity index (χ3n) is 6.85. The lowest BCUT2D eigenvalue weighted by molar-refractivity contribution is -0.384. The number of hydrogen-bond donors (Lipinski definition) is 1. The number of nitro benzene ring substituents is 1. The molecular formula is C30H31N5O4S2. The molecule has 1 aromatic heterocycles. The van der Waals surface area contributed by atoms with Gasteiger partial charge in [-0.2, -0.15) is 0 Å². The van der Waals surface area contributed by atoms with Crippen molar-refractivity contribution in [3.8, 4) is 0 Å². The van der Waals surface area contributed by atoms with E-state index in [9.17, 15) is 14.9 Å². The average molecular weight is 590 g/mol. The van der Waals surface area contributed by atoms with E-state index in [0.717, 1.165) is 49.9 Å². The van der Waals surface area contributed by atoms with Crippen LogP contribution in [0.25, 0.3) is 10.2 Å². The smallest absolute Gasteiger partial charge is 0.293 e. The van der Waals surface area contributed by atoms with Crippen LogP contribution in [0.2, 0.25) is 0 Å². The summed E-state index contributed by atoms with van der Waals surface area (Å²) in [6.45, 7) is 6.54. The Morgan fingerprint density at radius 1 is 1.15 bits per heavy atom. The fourth-order valence-electron chi connectivity index (χ4n) is 4.73. The molecule has 11 heteroatoms. The van der Waals surface area contributed by atoms with Gasteiger partial charge in [0, 0.05) is 31.1 Å². The highest BCUT2D eigenvalue weighted by molar-refractivity contribution is 8.01. The molecule has 0 bridgehead atoms. The standard InChI is InChI=1S/C30H31N5O4S2/c1-3-21-6-5-7-22(4-2)29(21)33-28(36)19-40-30-32-24-10-9-23(17-27(24)41-30)31-18-20-8-11-25(26(16-20)35(37)38)34-12-14-39-15-13-34/h5-11,16-18H,3-4,12-15,19H2,1-2H3,(H,33,36). The number of hydrogen-bond acceptors (Lipinski definition) is 9. The van der Waals surface area contributed by atoms with E-state index < -0.39 is 0 Å². The van der Waals surface area contributed by atoms with E-state index in [1.807, 2.05) is 35.2 Å². The first-order valence-corrected chi connectivity index (χ1v) is 15.3. The number of benzene rings is 3. The Labute approximate surface area is 246 Å². The second-order valence-electron chi connectivity index (χ2n) is 9.49. The van der Waals surface area contributed by atoms with Gasteiger partial charge in [0.1, 0.15) is 5.69 Å². The molecule has 2 heterocycles. The third-order valence-corrected chi connectivity index (χ3v) is 9.01. The summed E-state index contributed by atoms with van der Waals surface area (Å²) in [5, 5.41) is 14.9. The minimum absolute atomic E-state index is 0.0520. The van der Waals surface area contributed by atoms with Gasteiger partial charge in [0.15, 0.2) is 4.34 Å². The second kappa shape index (κ2) is 13.2. The molecule has 0 aliphatic carbocycles. The molecule has 0 unspecified atom stereocenters. The summed E-state index contributed by atoms with van der Waals surface area (Å²) in [6, 6.07) is 17.0. The van der Waals surface area contributed by atoms with Crippen molar-refractivity contribution < 1.29 is 14.5 Å². The Hall–Kier alpha value is -3.80. The van der Waals surface area contributed by atoms with E-state index >= 15 is 0 Å². The number of thioether (sulfide) groups is 1. The molecule has 0 spiro atoms. The Bertz CT molecular complexity index is 1580. The number of aromatic nitrogens is 1. The first-order chi connectivity index (χ1) is 19.9. The number of rotatable bonds is 10. The quantitative estimate of drug-likeness (QED) is 0.0955. The van der Waals surface area contributed by atoms with Gasteiger partial charge in [-0.05, 0) is 53.8 Å². The maximum absolute atomic E-state index is 12.8. The summed E-state index contributed by atoms with van der Waals surface area (Å²) in [6.07, 6.45) is 3.35. The lowest BCUT2D eigenvalue weighted by atomic mass is 10.0. The zero-order valence-electron chi connectivity index (χ0n) is 23.0. The number of anilines is 2. The van der Waals surface area contributed by atoms with Gasteiger partial charge in [0.25, 0.3) is 5.69 Å². The van der Waals surface area contributed by atoms with E-state index in [2.05, 4.69) is 41.3 Å². The normalized spacial score (nSPS) is 13.7. The fourth-order valence-corrected chi connectivity index (χ4v) is 6.63. The first kappa shape index (κ1) is 28.7. The molecule has 1 aliphatic heterocycles. The van der Waals surface area contributed by atoms with Gasteiger partial charge in [-0.1, -0.05) is 49.9 Å². The molecule has 0 atom stereocenters. The number of para-hydroxylation sites is 1. The number of carbonyl (C=O) groups is 1. The molecule has 41 heavy (non-hydrogen) atoms. The van der Waals surface area contributed by atoms with Crippen LogP contribution in [-0.2, 0) is 22.4 Å². The summed E-state index contributed by atoms with van der Waals surface area (Å²) in [5.41, 5.74) is 6.07. The van der Waals surface area contributed by atoms with Crippen LogP contribution in [0.1, 0.15) is 30.5 Å². The van der Waals surface area contributed by atoms with Crippen molar-refractivity contribution in [3.63, 3.8) is 0 Å². The van der Waals surface area contributed by atoms with Gasteiger partial charge in [0.05, 0.1) is 39.8 Å². The number of thiazole rings is 1. The maximum Gasteiger partial charge on any atom is 0.293 e. The Balaban J connectivity index is 1.25. The van der Waals surface area contributed by atoms with Gasteiger partial charge in [-0.3, -0.25) is 19.9 Å². The lowest BCUT2D eigenvalue weighted by Crippen LogP contribution is -2.36. The number of nitrogens with one attached hydrogen (secondary N) is 1. The zero-order chi connectivity index (χ0) is 28.8. The summed E-state index contributed by atoms with van der Waals surface area (Å²) in [7, 11) is 0. The maximum atomic E-state index is 12.8. The number of amides is 1. The minimum atomic E-state index is -0.351. The van der Waals surface area contributed by atoms with E-state index in [0.29, 0.717) is 37.6 Å². The van der Waals surface area contributed by atoms with Crippen molar-refractivity contribution in [3.05, 3.63) is 81.4 Å². The van der Waals surface area contributed by atoms with E-state index in [-0.39, 0.29) is 22.3 Å².